The van der Waals surface area contributed by atoms with Gasteiger partial charge in [0.2, 0.25) is 0 Å². The number of anilines is 1. The summed E-state index contributed by atoms with van der Waals surface area (Å²) >= 11 is 5.12. The lowest BCUT2D eigenvalue weighted by Gasteiger charge is -2.29. The van der Waals surface area contributed by atoms with E-state index in [4.69, 9.17) is 12.2 Å². The van der Waals surface area contributed by atoms with Crippen LogP contribution in [0.25, 0.3) is 6.08 Å². The van der Waals surface area contributed by atoms with Crippen molar-refractivity contribution in [2.24, 2.45) is 0 Å². The summed E-state index contributed by atoms with van der Waals surface area (Å²) in [6, 6.07) is 11.3. The third-order valence-electron chi connectivity index (χ3n) is 4.25. The fourth-order valence-corrected chi connectivity index (χ4v) is 2.99. The van der Waals surface area contributed by atoms with Gasteiger partial charge in [-0.25, -0.2) is 0 Å². The minimum Gasteiger partial charge on any atom is -0.298 e. The first-order valence-corrected chi connectivity index (χ1v) is 8.79. The van der Waals surface area contributed by atoms with Crippen LogP contribution in [-0.2, 0) is 22.2 Å². The Morgan fingerprint density at radius 1 is 1.04 bits per heavy atom. The Kier molecular flexibility index (Phi) is 5.33. The summed E-state index contributed by atoms with van der Waals surface area (Å²) in [6.07, 6.45) is -2.39. The molecule has 1 saturated heterocycles. The molecule has 0 bridgehead atoms. The summed E-state index contributed by atoms with van der Waals surface area (Å²) in [5.41, 5.74) is 0.829. The number of benzene rings is 2. The third kappa shape index (κ3) is 3.96. The van der Waals surface area contributed by atoms with Gasteiger partial charge < -0.3 is 0 Å². The second-order valence-electron chi connectivity index (χ2n) is 6.10. The van der Waals surface area contributed by atoms with Crippen molar-refractivity contribution < 1.29 is 22.8 Å². The fourth-order valence-electron chi connectivity index (χ4n) is 2.71. The van der Waals surface area contributed by atoms with Crippen LogP contribution in [0.4, 0.5) is 18.9 Å². The quantitative estimate of drug-likeness (QED) is 0.476. The molecule has 1 aliphatic heterocycles. The smallest absolute Gasteiger partial charge is 0.298 e. The van der Waals surface area contributed by atoms with Crippen LogP contribution >= 0.6 is 12.2 Å². The summed E-state index contributed by atoms with van der Waals surface area (Å²) in [7, 11) is 0. The van der Waals surface area contributed by atoms with E-state index < -0.39 is 23.6 Å². The number of carbonyl (C=O) groups is 2. The third-order valence-corrected chi connectivity index (χ3v) is 4.54. The van der Waals surface area contributed by atoms with Crippen LogP contribution in [0.1, 0.15) is 23.6 Å². The zero-order valence-corrected chi connectivity index (χ0v) is 15.5. The molecule has 1 heterocycles. The molecule has 8 heteroatoms. The van der Waals surface area contributed by atoms with Gasteiger partial charge in [-0.15, -0.1) is 0 Å². The highest BCUT2D eigenvalue weighted by Gasteiger charge is 2.34. The number of alkyl halides is 3. The number of hydrogen-bond donors (Lipinski definition) is 1. The second kappa shape index (κ2) is 7.55. The van der Waals surface area contributed by atoms with Crippen molar-refractivity contribution in [2.75, 3.05) is 4.90 Å². The molecule has 144 valence electrons. The molecule has 1 aliphatic rings. The molecular formula is C20H15F3N2O2S. The standard InChI is InChI=1S/C20H15F3N2O2S/c1-2-12-5-9-15(10-6-12)25-18(27)16(17(26)24-19(25)28)11-13-3-7-14(8-4-13)20(21,22)23/h3-11H,2H2,1H3,(H,24,26,28)/b16-11+. The first kappa shape index (κ1) is 19.8. The molecule has 2 aromatic rings. The molecule has 0 aliphatic carbocycles. The van der Waals surface area contributed by atoms with Crippen molar-refractivity contribution in [3.8, 4) is 0 Å². The second-order valence-corrected chi connectivity index (χ2v) is 6.48. The minimum atomic E-state index is -4.46. The molecule has 2 amide bonds. The zero-order valence-electron chi connectivity index (χ0n) is 14.7. The maximum Gasteiger partial charge on any atom is 0.416 e. The number of thiocarbonyl (C=S) groups is 1. The summed E-state index contributed by atoms with van der Waals surface area (Å²) < 4.78 is 38.1. The Labute approximate surface area is 164 Å². The summed E-state index contributed by atoms with van der Waals surface area (Å²) in [5.74, 6) is -1.34. The summed E-state index contributed by atoms with van der Waals surface area (Å²) in [4.78, 5) is 26.3. The van der Waals surface area contributed by atoms with Crippen molar-refractivity contribution in [3.05, 3.63) is 70.8 Å². The average molecular weight is 404 g/mol. The normalized spacial score (nSPS) is 16.5. The van der Waals surface area contributed by atoms with E-state index in [2.05, 4.69) is 5.32 Å². The number of nitrogens with one attached hydrogen (secondary N) is 1. The van der Waals surface area contributed by atoms with Gasteiger partial charge in [-0.3, -0.25) is 19.8 Å². The highest BCUT2D eigenvalue weighted by Crippen LogP contribution is 2.29. The van der Waals surface area contributed by atoms with Gasteiger partial charge in [0.1, 0.15) is 5.57 Å². The molecule has 4 nitrogen and oxygen atoms in total. The van der Waals surface area contributed by atoms with Crippen molar-refractivity contribution in [2.45, 2.75) is 19.5 Å². The molecule has 0 spiro atoms. The van der Waals surface area contributed by atoms with E-state index in [0.717, 1.165) is 24.1 Å². The Hall–Kier alpha value is -3.00. The van der Waals surface area contributed by atoms with Crippen LogP contribution in [0.15, 0.2) is 54.1 Å². The zero-order chi connectivity index (χ0) is 20.5. The lowest BCUT2D eigenvalue weighted by molar-refractivity contribution is -0.137. The molecule has 1 fully saturated rings. The van der Waals surface area contributed by atoms with E-state index in [-0.39, 0.29) is 10.7 Å². The van der Waals surface area contributed by atoms with Crippen LogP contribution in [0.2, 0.25) is 0 Å². The Morgan fingerprint density at radius 3 is 2.18 bits per heavy atom. The summed E-state index contributed by atoms with van der Waals surface area (Å²) in [6.45, 7) is 2.00. The lowest BCUT2D eigenvalue weighted by atomic mass is 10.0. The molecule has 0 atom stereocenters. The maximum atomic E-state index is 12.9. The van der Waals surface area contributed by atoms with E-state index in [1.54, 1.807) is 12.1 Å². The number of hydrogen-bond acceptors (Lipinski definition) is 3. The van der Waals surface area contributed by atoms with Gasteiger partial charge in [0, 0.05) is 0 Å². The number of amides is 2. The average Bonchev–Trinajstić information content (AvgIpc) is 2.65. The number of halogens is 3. The first-order chi connectivity index (χ1) is 13.2. The number of aryl methyl sites for hydroxylation is 1. The van der Waals surface area contributed by atoms with E-state index >= 15 is 0 Å². The Morgan fingerprint density at radius 2 is 1.64 bits per heavy atom. The SMILES string of the molecule is CCc1ccc(N2C(=O)/C(=C/c3ccc(C(F)(F)F)cc3)C(=O)NC2=S)cc1. The molecule has 0 aromatic heterocycles. The van der Waals surface area contributed by atoms with Gasteiger partial charge in [-0.2, -0.15) is 13.2 Å². The first-order valence-electron chi connectivity index (χ1n) is 8.38. The predicted molar refractivity (Wildman–Crippen MR) is 103 cm³/mol. The van der Waals surface area contributed by atoms with Crippen molar-refractivity contribution in [1.29, 1.82) is 0 Å². The molecule has 0 radical (unpaired) electrons. The monoisotopic (exact) mass is 404 g/mol. The summed E-state index contributed by atoms with van der Waals surface area (Å²) in [5, 5.41) is 2.39. The lowest BCUT2D eigenvalue weighted by Crippen LogP contribution is -2.54. The molecule has 0 unspecified atom stereocenters. The van der Waals surface area contributed by atoms with E-state index in [0.29, 0.717) is 11.3 Å². The van der Waals surface area contributed by atoms with Gasteiger partial charge in [0.25, 0.3) is 11.8 Å². The number of rotatable bonds is 3. The topological polar surface area (TPSA) is 49.4 Å². The molecule has 28 heavy (non-hydrogen) atoms. The van der Waals surface area contributed by atoms with Crippen LogP contribution in [0, 0.1) is 0 Å². The molecule has 3 rings (SSSR count). The van der Waals surface area contributed by atoms with Gasteiger partial charge in [-0.1, -0.05) is 31.2 Å². The van der Waals surface area contributed by atoms with E-state index in [9.17, 15) is 22.8 Å². The number of carbonyl (C=O) groups excluding carboxylic acids is 2. The predicted octanol–water partition coefficient (Wildman–Crippen LogP) is 4.10. The molecule has 0 saturated carbocycles. The maximum absolute atomic E-state index is 12.9. The van der Waals surface area contributed by atoms with Crippen LogP contribution < -0.4 is 10.2 Å². The van der Waals surface area contributed by atoms with Gasteiger partial charge in [0.15, 0.2) is 5.11 Å². The largest absolute Gasteiger partial charge is 0.416 e. The minimum absolute atomic E-state index is 0.0520. The van der Waals surface area contributed by atoms with Crippen LogP contribution in [0.5, 0.6) is 0 Å². The van der Waals surface area contributed by atoms with E-state index in [1.165, 1.54) is 23.1 Å². The van der Waals surface area contributed by atoms with Crippen molar-refractivity contribution >= 4 is 40.9 Å². The van der Waals surface area contributed by atoms with E-state index in [1.807, 2.05) is 19.1 Å². The molecule has 2 aromatic carbocycles. The molecule has 1 N–H and O–H groups in total. The van der Waals surface area contributed by atoms with Gasteiger partial charge in [-0.05, 0) is 60.1 Å². The Balaban J connectivity index is 1.94. The van der Waals surface area contributed by atoms with Crippen molar-refractivity contribution in [1.82, 2.24) is 5.32 Å². The number of nitrogens with zero attached hydrogens (tertiary/aromatic N) is 1. The fraction of sp³-hybridized carbons (Fsp3) is 0.150. The highest BCUT2D eigenvalue weighted by molar-refractivity contribution is 7.80. The van der Waals surface area contributed by atoms with Gasteiger partial charge in [0.05, 0.1) is 11.3 Å². The van der Waals surface area contributed by atoms with Crippen LogP contribution in [0.3, 0.4) is 0 Å². The highest BCUT2D eigenvalue weighted by atomic mass is 32.1. The van der Waals surface area contributed by atoms with Gasteiger partial charge >= 0.3 is 6.18 Å². The van der Waals surface area contributed by atoms with Crippen molar-refractivity contribution in [3.63, 3.8) is 0 Å². The Bertz CT molecular complexity index is 964. The van der Waals surface area contributed by atoms with Crippen LogP contribution in [-0.4, -0.2) is 16.9 Å². The molecular weight excluding hydrogens is 389 g/mol.